The molecule has 0 radical (unpaired) electrons. The van der Waals surface area contributed by atoms with Gasteiger partial charge >= 0.3 is 0 Å². The average molecular weight is 299 g/mol. The van der Waals surface area contributed by atoms with Crippen molar-refractivity contribution in [1.82, 2.24) is 9.88 Å². The molecule has 0 unspecified atom stereocenters. The Morgan fingerprint density at radius 1 is 1.33 bits per heavy atom. The van der Waals surface area contributed by atoms with Crippen LogP contribution in [-0.2, 0) is 6.54 Å². The summed E-state index contributed by atoms with van der Waals surface area (Å²) >= 11 is 1.57. The second kappa shape index (κ2) is 5.49. The summed E-state index contributed by atoms with van der Waals surface area (Å²) in [6.07, 6.45) is 2.63. The highest BCUT2D eigenvalue weighted by Crippen LogP contribution is 2.22. The van der Waals surface area contributed by atoms with Crippen LogP contribution in [0.5, 0.6) is 0 Å². The van der Waals surface area contributed by atoms with E-state index in [4.69, 9.17) is 0 Å². The maximum atomic E-state index is 12.3. The first kappa shape index (κ1) is 13.5. The summed E-state index contributed by atoms with van der Waals surface area (Å²) in [5, 5.41) is 12.1. The van der Waals surface area contributed by atoms with Gasteiger partial charge in [-0.1, -0.05) is 12.1 Å². The molecule has 0 bridgehead atoms. The van der Waals surface area contributed by atoms with Gasteiger partial charge in [0, 0.05) is 13.1 Å². The molecule has 3 rings (SSSR count). The van der Waals surface area contributed by atoms with Crippen molar-refractivity contribution in [3.63, 3.8) is 0 Å². The lowest BCUT2D eigenvalue weighted by atomic mass is 10.2. The van der Waals surface area contributed by atoms with E-state index in [0.29, 0.717) is 16.8 Å². The van der Waals surface area contributed by atoms with Gasteiger partial charge < -0.3 is 10.1 Å². The number of rotatable bonds is 3. The zero-order valence-electron chi connectivity index (χ0n) is 11.4. The van der Waals surface area contributed by atoms with Crippen molar-refractivity contribution in [2.45, 2.75) is 6.54 Å². The molecule has 0 saturated carbocycles. The molecule has 2 aromatic heterocycles. The number of benzene rings is 1. The van der Waals surface area contributed by atoms with Gasteiger partial charge in [-0.05, 0) is 18.2 Å². The molecule has 0 fully saturated rings. The highest BCUT2D eigenvalue weighted by Gasteiger charge is 2.16. The van der Waals surface area contributed by atoms with Crippen molar-refractivity contribution >= 4 is 27.5 Å². The molecule has 0 aliphatic carbocycles. The number of hydrogen-bond donors (Lipinski definition) is 0. The maximum absolute atomic E-state index is 12.3. The van der Waals surface area contributed by atoms with Gasteiger partial charge in [0.05, 0.1) is 16.8 Å². The molecule has 2 heterocycles. The van der Waals surface area contributed by atoms with Crippen LogP contribution in [-0.4, -0.2) is 22.8 Å². The molecule has 0 aliphatic heterocycles. The molecule has 106 valence electrons. The number of fused-ring (bicyclic) bond motifs is 1. The number of nitrogens with zero attached hydrogens (tertiary/aromatic N) is 3. The predicted octanol–water partition coefficient (Wildman–Crippen LogP) is 2.20. The molecule has 0 aliphatic rings. The fourth-order valence-electron chi connectivity index (χ4n) is 2.06. The Morgan fingerprint density at radius 3 is 2.90 bits per heavy atom. The molecule has 0 spiro atoms. The number of amides is 1. The molecule has 0 atom stereocenters. The lowest BCUT2D eigenvalue weighted by Gasteiger charge is -2.14. The summed E-state index contributed by atoms with van der Waals surface area (Å²) < 4.78 is 1.73. The van der Waals surface area contributed by atoms with Gasteiger partial charge in [-0.3, -0.25) is 4.79 Å². The van der Waals surface area contributed by atoms with Gasteiger partial charge in [0.25, 0.3) is 5.91 Å². The van der Waals surface area contributed by atoms with Gasteiger partial charge in [-0.2, -0.15) is 4.73 Å². The summed E-state index contributed by atoms with van der Waals surface area (Å²) in [6.45, 7) is 0.423. The Morgan fingerprint density at radius 2 is 2.14 bits per heavy atom. The Balaban J connectivity index is 1.79. The van der Waals surface area contributed by atoms with E-state index < -0.39 is 0 Å². The number of carbonyl (C=O) groups excluding carboxylic acids is 1. The standard InChI is InChI=1S/C15H13N3O2S/c1-17(15(19)11-5-4-8-18(20)9-11)10-14-16-12-6-2-3-7-13(12)21-14/h2-9H,10H2,1H3. The Hall–Kier alpha value is -2.47. The summed E-state index contributed by atoms with van der Waals surface area (Å²) in [5.74, 6) is -0.195. The number of hydrogen-bond acceptors (Lipinski definition) is 4. The Labute approximate surface area is 125 Å². The quantitative estimate of drug-likeness (QED) is 0.550. The van der Waals surface area contributed by atoms with Crippen molar-refractivity contribution < 1.29 is 9.52 Å². The summed E-state index contributed by atoms with van der Waals surface area (Å²) in [7, 11) is 1.70. The molecule has 21 heavy (non-hydrogen) atoms. The third-order valence-corrected chi connectivity index (χ3v) is 4.10. The lowest BCUT2D eigenvalue weighted by Crippen LogP contribution is -2.31. The molecule has 5 nitrogen and oxygen atoms in total. The van der Waals surface area contributed by atoms with Crippen LogP contribution in [0.2, 0.25) is 0 Å². The van der Waals surface area contributed by atoms with E-state index in [0.717, 1.165) is 15.2 Å². The molecule has 1 aromatic carbocycles. The second-order valence-corrected chi connectivity index (χ2v) is 5.80. The van der Waals surface area contributed by atoms with Gasteiger partial charge in [-0.25, -0.2) is 4.98 Å². The largest absolute Gasteiger partial charge is 0.619 e. The van der Waals surface area contributed by atoms with Crippen LogP contribution in [0.3, 0.4) is 0 Å². The van der Waals surface area contributed by atoms with Crippen LogP contribution in [0.4, 0.5) is 0 Å². The summed E-state index contributed by atoms with van der Waals surface area (Å²) in [6, 6.07) is 11.1. The fraction of sp³-hybridized carbons (Fsp3) is 0.133. The Kier molecular flexibility index (Phi) is 3.53. The third-order valence-electron chi connectivity index (χ3n) is 3.08. The smallest absolute Gasteiger partial charge is 0.260 e. The lowest BCUT2D eigenvalue weighted by molar-refractivity contribution is -0.605. The van der Waals surface area contributed by atoms with E-state index in [1.54, 1.807) is 35.4 Å². The first-order valence-electron chi connectivity index (χ1n) is 6.42. The minimum atomic E-state index is -0.195. The molecular formula is C15H13N3O2S. The van der Waals surface area contributed by atoms with Crippen LogP contribution >= 0.6 is 11.3 Å². The SMILES string of the molecule is CN(Cc1nc2ccccc2s1)C(=O)c1ccc[n+]([O-])c1. The van der Waals surface area contributed by atoms with E-state index in [-0.39, 0.29) is 5.91 Å². The normalized spacial score (nSPS) is 10.7. The number of carbonyl (C=O) groups is 1. The zero-order valence-corrected chi connectivity index (χ0v) is 12.2. The van der Waals surface area contributed by atoms with Gasteiger partial charge in [0.2, 0.25) is 0 Å². The highest BCUT2D eigenvalue weighted by atomic mass is 32.1. The van der Waals surface area contributed by atoms with Crippen LogP contribution in [0.25, 0.3) is 10.2 Å². The minimum absolute atomic E-state index is 0.195. The van der Waals surface area contributed by atoms with Crippen molar-refractivity contribution in [3.8, 4) is 0 Å². The summed E-state index contributed by atoms with van der Waals surface area (Å²) in [5.41, 5.74) is 1.31. The second-order valence-electron chi connectivity index (χ2n) is 4.69. The Bertz CT molecular complexity index is 767. The first-order valence-corrected chi connectivity index (χ1v) is 7.24. The molecule has 1 amide bonds. The maximum Gasteiger partial charge on any atom is 0.260 e. The summed E-state index contributed by atoms with van der Waals surface area (Å²) in [4.78, 5) is 18.3. The van der Waals surface area contributed by atoms with Gasteiger partial charge in [0.1, 0.15) is 10.6 Å². The van der Waals surface area contributed by atoms with Gasteiger partial charge in [-0.15, -0.1) is 11.3 Å². The zero-order chi connectivity index (χ0) is 14.8. The number of pyridine rings is 1. The van der Waals surface area contributed by atoms with E-state index in [1.807, 2.05) is 24.3 Å². The third kappa shape index (κ3) is 2.85. The van der Waals surface area contributed by atoms with Crippen LogP contribution in [0.1, 0.15) is 15.4 Å². The van der Waals surface area contributed by atoms with Crippen molar-refractivity contribution in [2.24, 2.45) is 0 Å². The predicted molar refractivity (Wildman–Crippen MR) is 80.8 cm³/mol. The van der Waals surface area contributed by atoms with Crippen molar-refractivity contribution in [3.05, 3.63) is 64.6 Å². The van der Waals surface area contributed by atoms with E-state index >= 15 is 0 Å². The molecule has 3 aromatic rings. The first-order chi connectivity index (χ1) is 10.1. The van der Waals surface area contributed by atoms with Crippen molar-refractivity contribution in [2.75, 3.05) is 7.05 Å². The van der Waals surface area contributed by atoms with Crippen LogP contribution < -0.4 is 4.73 Å². The monoisotopic (exact) mass is 299 g/mol. The number of para-hydroxylation sites is 1. The van der Waals surface area contributed by atoms with Gasteiger partial charge in [0.15, 0.2) is 12.4 Å². The molecule has 0 saturated heterocycles. The fourth-order valence-corrected chi connectivity index (χ4v) is 3.08. The highest BCUT2D eigenvalue weighted by molar-refractivity contribution is 7.18. The van der Waals surface area contributed by atoms with Crippen LogP contribution in [0, 0.1) is 5.21 Å². The van der Waals surface area contributed by atoms with Crippen LogP contribution in [0.15, 0.2) is 48.8 Å². The average Bonchev–Trinajstić information content (AvgIpc) is 2.88. The molecule has 0 N–H and O–H groups in total. The topological polar surface area (TPSA) is 60.1 Å². The number of aromatic nitrogens is 2. The van der Waals surface area contributed by atoms with E-state index in [2.05, 4.69) is 4.98 Å². The minimum Gasteiger partial charge on any atom is -0.619 e. The van der Waals surface area contributed by atoms with E-state index in [9.17, 15) is 10.0 Å². The van der Waals surface area contributed by atoms with E-state index in [1.165, 1.54) is 12.4 Å². The van der Waals surface area contributed by atoms with Crippen molar-refractivity contribution in [1.29, 1.82) is 0 Å². The molecule has 6 heteroatoms. The molecular weight excluding hydrogens is 286 g/mol. The number of thiazole rings is 1.